The van der Waals surface area contributed by atoms with E-state index in [9.17, 15) is 9.59 Å². The van der Waals surface area contributed by atoms with Crippen LogP contribution in [-0.2, 0) is 4.79 Å². The van der Waals surface area contributed by atoms with E-state index >= 15 is 0 Å². The lowest BCUT2D eigenvalue weighted by Gasteiger charge is -2.34. The maximum atomic E-state index is 13.2. The van der Waals surface area contributed by atoms with Crippen LogP contribution in [0.4, 0.5) is 0 Å². The standard InChI is InChI=1S/C20H25N3O2/c1-22(13-7-12-21)20(25)18-14-16-10-5-6-11-17(16)23(18)19(24)15-8-3-2-4-9-15/h2-4,8-9,16-18H,5-7,10-11,13-14H2,1H3/t16-,17+,18+/m1/s1. The highest BCUT2D eigenvalue weighted by Gasteiger charge is 2.48. The first-order valence-electron chi connectivity index (χ1n) is 9.13. The molecular formula is C20H25N3O2. The Hall–Kier alpha value is -2.35. The molecule has 2 amide bonds. The summed E-state index contributed by atoms with van der Waals surface area (Å²) in [5.74, 6) is 0.343. The molecule has 0 N–H and O–H groups in total. The summed E-state index contributed by atoms with van der Waals surface area (Å²) in [5, 5.41) is 8.77. The van der Waals surface area contributed by atoms with Crippen LogP contribution in [0.3, 0.4) is 0 Å². The molecule has 1 saturated carbocycles. The maximum Gasteiger partial charge on any atom is 0.254 e. The Morgan fingerprint density at radius 2 is 1.96 bits per heavy atom. The Bertz CT molecular complexity index is 667. The van der Waals surface area contributed by atoms with Crippen molar-refractivity contribution in [3.63, 3.8) is 0 Å². The summed E-state index contributed by atoms with van der Waals surface area (Å²) in [7, 11) is 1.73. The molecule has 2 aliphatic rings. The number of benzene rings is 1. The highest BCUT2D eigenvalue weighted by molar-refractivity contribution is 5.98. The molecule has 0 spiro atoms. The Morgan fingerprint density at radius 3 is 2.68 bits per heavy atom. The second kappa shape index (κ2) is 7.69. The van der Waals surface area contributed by atoms with E-state index in [0.717, 1.165) is 25.7 Å². The smallest absolute Gasteiger partial charge is 0.254 e. The molecule has 1 heterocycles. The molecule has 3 atom stereocenters. The molecule has 2 fully saturated rings. The van der Waals surface area contributed by atoms with E-state index in [-0.39, 0.29) is 17.9 Å². The Balaban J connectivity index is 1.85. The molecule has 25 heavy (non-hydrogen) atoms. The highest BCUT2D eigenvalue weighted by atomic mass is 16.2. The normalized spacial score (nSPS) is 25.1. The molecule has 0 radical (unpaired) electrons. The maximum absolute atomic E-state index is 13.2. The third-order valence-electron chi connectivity index (χ3n) is 5.56. The first kappa shape index (κ1) is 17.5. The molecule has 5 heteroatoms. The number of nitrogens with zero attached hydrogens (tertiary/aromatic N) is 3. The van der Waals surface area contributed by atoms with Crippen molar-refractivity contribution in [1.82, 2.24) is 9.80 Å². The number of amides is 2. The van der Waals surface area contributed by atoms with Crippen LogP contribution in [-0.4, -0.2) is 47.3 Å². The Labute approximate surface area is 149 Å². The zero-order valence-corrected chi connectivity index (χ0v) is 14.7. The zero-order chi connectivity index (χ0) is 17.8. The number of likely N-dealkylation sites (N-methyl/N-ethyl adjacent to an activating group) is 1. The van der Waals surface area contributed by atoms with E-state index in [0.29, 0.717) is 24.4 Å². The molecule has 1 aromatic carbocycles. The largest absolute Gasteiger partial charge is 0.343 e. The van der Waals surface area contributed by atoms with Gasteiger partial charge in [-0.1, -0.05) is 31.0 Å². The van der Waals surface area contributed by atoms with Crippen LogP contribution < -0.4 is 0 Å². The van der Waals surface area contributed by atoms with Crippen molar-refractivity contribution in [2.75, 3.05) is 13.6 Å². The van der Waals surface area contributed by atoms with Crippen LogP contribution in [0.25, 0.3) is 0 Å². The first-order chi connectivity index (χ1) is 12.1. The van der Waals surface area contributed by atoms with Gasteiger partial charge in [0.25, 0.3) is 5.91 Å². The van der Waals surface area contributed by atoms with E-state index in [4.69, 9.17) is 5.26 Å². The second-order valence-electron chi connectivity index (χ2n) is 7.11. The Kier molecular flexibility index (Phi) is 5.37. The van der Waals surface area contributed by atoms with Gasteiger partial charge < -0.3 is 9.80 Å². The molecule has 1 saturated heterocycles. The monoisotopic (exact) mass is 339 g/mol. The lowest BCUT2D eigenvalue weighted by Crippen LogP contribution is -2.50. The van der Waals surface area contributed by atoms with Gasteiger partial charge in [0, 0.05) is 25.2 Å². The zero-order valence-electron chi connectivity index (χ0n) is 14.7. The van der Waals surface area contributed by atoms with Gasteiger partial charge in [0.05, 0.1) is 12.5 Å². The summed E-state index contributed by atoms with van der Waals surface area (Å²) < 4.78 is 0. The number of rotatable bonds is 4. The quantitative estimate of drug-likeness (QED) is 0.847. The summed E-state index contributed by atoms with van der Waals surface area (Å²) in [6.07, 6.45) is 5.43. The average Bonchev–Trinajstić information content (AvgIpc) is 3.05. The van der Waals surface area contributed by atoms with E-state index in [2.05, 4.69) is 6.07 Å². The van der Waals surface area contributed by atoms with Crippen LogP contribution in [0.5, 0.6) is 0 Å². The van der Waals surface area contributed by atoms with Crippen molar-refractivity contribution in [2.24, 2.45) is 5.92 Å². The number of nitriles is 1. The third-order valence-corrected chi connectivity index (χ3v) is 5.56. The molecule has 0 bridgehead atoms. The third kappa shape index (κ3) is 3.53. The highest BCUT2D eigenvalue weighted by Crippen LogP contribution is 2.41. The molecule has 1 aliphatic heterocycles. The van der Waals surface area contributed by atoms with Crippen LogP contribution in [0.1, 0.15) is 48.9 Å². The van der Waals surface area contributed by atoms with Crippen LogP contribution >= 0.6 is 0 Å². The predicted molar refractivity (Wildman–Crippen MR) is 94.6 cm³/mol. The van der Waals surface area contributed by atoms with Crippen LogP contribution in [0.15, 0.2) is 30.3 Å². The number of carbonyl (C=O) groups excluding carboxylic acids is 2. The van der Waals surface area contributed by atoms with E-state index in [1.807, 2.05) is 35.2 Å². The van der Waals surface area contributed by atoms with Gasteiger partial charge >= 0.3 is 0 Å². The van der Waals surface area contributed by atoms with Gasteiger partial charge in [-0.05, 0) is 37.3 Å². The molecule has 132 valence electrons. The minimum atomic E-state index is -0.399. The minimum Gasteiger partial charge on any atom is -0.343 e. The van der Waals surface area contributed by atoms with Gasteiger partial charge in [0.2, 0.25) is 5.91 Å². The summed E-state index contributed by atoms with van der Waals surface area (Å²) in [6, 6.07) is 11.1. The van der Waals surface area contributed by atoms with Crippen molar-refractivity contribution >= 4 is 11.8 Å². The summed E-state index contributed by atoms with van der Waals surface area (Å²) >= 11 is 0. The first-order valence-corrected chi connectivity index (χ1v) is 9.13. The van der Waals surface area contributed by atoms with E-state index < -0.39 is 6.04 Å². The number of carbonyl (C=O) groups is 2. The van der Waals surface area contributed by atoms with Crippen molar-refractivity contribution in [3.8, 4) is 6.07 Å². The minimum absolute atomic E-state index is 0.0334. The summed E-state index contributed by atoms with van der Waals surface area (Å²) in [4.78, 5) is 29.6. The second-order valence-corrected chi connectivity index (χ2v) is 7.11. The number of hydrogen-bond acceptors (Lipinski definition) is 3. The van der Waals surface area contributed by atoms with Crippen molar-refractivity contribution in [3.05, 3.63) is 35.9 Å². The van der Waals surface area contributed by atoms with Gasteiger partial charge in [-0.3, -0.25) is 9.59 Å². The molecule has 0 aromatic heterocycles. The van der Waals surface area contributed by atoms with Crippen molar-refractivity contribution < 1.29 is 9.59 Å². The average molecular weight is 339 g/mol. The fraction of sp³-hybridized carbons (Fsp3) is 0.550. The fourth-order valence-electron chi connectivity index (χ4n) is 4.28. The van der Waals surface area contributed by atoms with Gasteiger partial charge in [0.1, 0.15) is 6.04 Å². The van der Waals surface area contributed by atoms with Gasteiger partial charge in [-0.25, -0.2) is 0 Å². The molecular weight excluding hydrogens is 314 g/mol. The molecule has 5 nitrogen and oxygen atoms in total. The van der Waals surface area contributed by atoms with Crippen molar-refractivity contribution in [1.29, 1.82) is 5.26 Å². The SMILES string of the molecule is CN(CCC#N)C(=O)[C@@H]1C[C@H]2CCCC[C@@H]2N1C(=O)c1ccccc1. The number of hydrogen-bond donors (Lipinski definition) is 0. The number of fused-ring (bicyclic) bond motifs is 1. The molecule has 1 aromatic rings. The fourth-order valence-corrected chi connectivity index (χ4v) is 4.28. The summed E-state index contributed by atoms with van der Waals surface area (Å²) in [5.41, 5.74) is 0.645. The lowest BCUT2D eigenvalue weighted by atomic mass is 9.84. The molecule has 1 aliphatic carbocycles. The van der Waals surface area contributed by atoms with E-state index in [1.54, 1.807) is 11.9 Å². The predicted octanol–water partition coefficient (Wildman–Crippen LogP) is 2.83. The van der Waals surface area contributed by atoms with Gasteiger partial charge in [-0.15, -0.1) is 0 Å². The molecule has 3 rings (SSSR count). The molecule has 0 unspecified atom stereocenters. The number of likely N-dealkylation sites (tertiary alicyclic amines) is 1. The van der Waals surface area contributed by atoms with Crippen molar-refractivity contribution in [2.45, 2.75) is 50.6 Å². The van der Waals surface area contributed by atoms with Crippen LogP contribution in [0, 0.1) is 17.2 Å². The van der Waals surface area contributed by atoms with Crippen LogP contribution in [0.2, 0.25) is 0 Å². The topological polar surface area (TPSA) is 64.4 Å². The van der Waals surface area contributed by atoms with E-state index in [1.165, 1.54) is 6.42 Å². The summed E-state index contributed by atoms with van der Waals surface area (Å²) in [6.45, 7) is 0.411. The van der Waals surface area contributed by atoms with Gasteiger partial charge in [0.15, 0.2) is 0 Å². The Morgan fingerprint density at radius 1 is 1.24 bits per heavy atom. The lowest BCUT2D eigenvalue weighted by molar-refractivity contribution is -0.134. The van der Waals surface area contributed by atoms with Gasteiger partial charge in [-0.2, -0.15) is 5.26 Å².